The van der Waals surface area contributed by atoms with Crippen LogP contribution in [0.3, 0.4) is 0 Å². The molecule has 0 radical (unpaired) electrons. The Labute approximate surface area is 128 Å². The molecule has 2 rings (SSSR count). The summed E-state index contributed by atoms with van der Waals surface area (Å²) in [4.78, 5) is 46.9. The fourth-order valence-corrected chi connectivity index (χ4v) is 2.51. The van der Waals surface area contributed by atoms with E-state index in [-0.39, 0.29) is 23.1 Å². The summed E-state index contributed by atoms with van der Waals surface area (Å²) in [5.74, 6) is -0.863. The number of rotatable bonds is 4. The highest BCUT2D eigenvalue weighted by Crippen LogP contribution is 2.26. The second kappa shape index (κ2) is 5.64. The lowest BCUT2D eigenvalue weighted by Crippen LogP contribution is -2.07. The third-order valence-corrected chi connectivity index (χ3v) is 3.63. The van der Waals surface area contributed by atoms with Crippen molar-refractivity contribution in [2.24, 2.45) is 0 Å². The van der Waals surface area contributed by atoms with E-state index >= 15 is 0 Å². The van der Waals surface area contributed by atoms with Crippen molar-refractivity contribution in [3.63, 3.8) is 0 Å². The normalized spacial score (nSPS) is 10.5. The lowest BCUT2D eigenvalue weighted by atomic mass is 9.91. The summed E-state index contributed by atoms with van der Waals surface area (Å²) in [6, 6.07) is 6.41. The highest BCUT2D eigenvalue weighted by Gasteiger charge is 2.17. The molecule has 0 heterocycles. The summed E-state index contributed by atoms with van der Waals surface area (Å²) < 4.78 is 0. The fourth-order valence-electron chi connectivity index (χ4n) is 2.51. The second-order valence-electron chi connectivity index (χ2n) is 5.37. The van der Waals surface area contributed by atoms with Crippen LogP contribution in [0.25, 0.3) is 10.8 Å². The molecular formula is C18H16O4. The third kappa shape index (κ3) is 2.72. The molecule has 2 aromatic rings. The van der Waals surface area contributed by atoms with Crippen LogP contribution in [0.15, 0.2) is 24.3 Å². The van der Waals surface area contributed by atoms with Crippen molar-refractivity contribution in [3.05, 3.63) is 46.5 Å². The molecule has 0 N–H and O–H groups in total. The lowest BCUT2D eigenvalue weighted by molar-refractivity contribution is 0.0980. The van der Waals surface area contributed by atoms with Crippen molar-refractivity contribution < 1.29 is 19.2 Å². The number of ketones is 4. The minimum Gasteiger partial charge on any atom is -0.294 e. The lowest BCUT2D eigenvalue weighted by Gasteiger charge is -2.10. The maximum Gasteiger partial charge on any atom is 0.160 e. The van der Waals surface area contributed by atoms with Crippen LogP contribution in [0.2, 0.25) is 0 Å². The fraction of sp³-hybridized carbons (Fsp3) is 0.222. The Balaban J connectivity index is 2.90. The van der Waals surface area contributed by atoms with Gasteiger partial charge < -0.3 is 0 Å². The first kappa shape index (κ1) is 15.8. The van der Waals surface area contributed by atoms with Gasteiger partial charge in [-0.05, 0) is 62.7 Å². The zero-order valence-electron chi connectivity index (χ0n) is 12.9. The Kier molecular flexibility index (Phi) is 4.04. The first-order valence-corrected chi connectivity index (χ1v) is 6.88. The van der Waals surface area contributed by atoms with E-state index in [0.717, 1.165) is 0 Å². The van der Waals surface area contributed by atoms with E-state index in [0.29, 0.717) is 33.0 Å². The van der Waals surface area contributed by atoms with Crippen molar-refractivity contribution in [3.8, 4) is 0 Å². The summed E-state index contributed by atoms with van der Waals surface area (Å²) in [7, 11) is 0. The van der Waals surface area contributed by atoms with Gasteiger partial charge in [-0.15, -0.1) is 0 Å². The predicted molar refractivity (Wildman–Crippen MR) is 84.0 cm³/mol. The highest BCUT2D eigenvalue weighted by atomic mass is 16.1. The van der Waals surface area contributed by atoms with Crippen LogP contribution in [0, 0.1) is 0 Å². The molecule has 112 valence electrons. The molecule has 0 bridgehead atoms. The smallest absolute Gasteiger partial charge is 0.160 e. The maximum absolute atomic E-state index is 11.7. The number of hydrogen-bond donors (Lipinski definition) is 0. The molecule has 0 fully saturated rings. The Morgan fingerprint density at radius 2 is 0.682 bits per heavy atom. The van der Waals surface area contributed by atoms with Gasteiger partial charge in [0.1, 0.15) is 0 Å². The van der Waals surface area contributed by atoms with E-state index in [9.17, 15) is 19.2 Å². The zero-order valence-corrected chi connectivity index (χ0v) is 12.9. The SMILES string of the molecule is CC(=O)c1cc2cc(C(C)=O)c(C(C)=O)cc2cc1C(C)=O. The summed E-state index contributed by atoms with van der Waals surface area (Å²) in [6.45, 7) is 5.57. The quantitative estimate of drug-likeness (QED) is 0.808. The first-order valence-electron chi connectivity index (χ1n) is 6.88. The van der Waals surface area contributed by atoms with E-state index in [1.54, 1.807) is 24.3 Å². The van der Waals surface area contributed by atoms with Gasteiger partial charge in [0.05, 0.1) is 0 Å². The summed E-state index contributed by atoms with van der Waals surface area (Å²) in [6.07, 6.45) is 0. The van der Waals surface area contributed by atoms with E-state index in [4.69, 9.17) is 0 Å². The van der Waals surface area contributed by atoms with Crippen molar-refractivity contribution in [1.29, 1.82) is 0 Å². The number of Topliss-reactive ketones (excluding diaryl/α,β-unsaturated/α-hetero) is 4. The maximum atomic E-state index is 11.7. The van der Waals surface area contributed by atoms with Crippen LogP contribution in [-0.2, 0) is 0 Å². The summed E-state index contributed by atoms with van der Waals surface area (Å²) in [5, 5.41) is 1.32. The molecule has 2 aromatic carbocycles. The molecule has 0 amide bonds. The number of benzene rings is 2. The van der Waals surface area contributed by atoms with Gasteiger partial charge in [0.2, 0.25) is 0 Å². The largest absolute Gasteiger partial charge is 0.294 e. The second-order valence-corrected chi connectivity index (χ2v) is 5.37. The number of carbonyl (C=O) groups excluding carboxylic acids is 4. The monoisotopic (exact) mass is 296 g/mol. The molecule has 0 aliphatic rings. The van der Waals surface area contributed by atoms with Gasteiger partial charge in [-0.2, -0.15) is 0 Å². The van der Waals surface area contributed by atoms with Crippen molar-refractivity contribution >= 4 is 33.9 Å². The molecular weight excluding hydrogens is 280 g/mol. The molecule has 0 unspecified atom stereocenters. The van der Waals surface area contributed by atoms with Crippen LogP contribution in [-0.4, -0.2) is 23.1 Å². The van der Waals surface area contributed by atoms with Gasteiger partial charge >= 0.3 is 0 Å². The molecule has 0 atom stereocenters. The highest BCUT2D eigenvalue weighted by molar-refractivity contribution is 6.14. The molecule has 0 aliphatic carbocycles. The molecule has 0 aliphatic heterocycles. The average Bonchev–Trinajstić information content (AvgIpc) is 2.43. The Morgan fingerprint density at radius 1 is 0.500 bits per heavy atom. The molecule has 4 heteroatoms. The standard InChI is InChI=1S/C18H16O4/c1-9(19)15-5-13-7-17(11(3)21)18(12(4)22)8-14(13)6-16(15)10(2)20/h5-8H,1-4H3. The van der Waals surface area contributed by atoms with Crippen LogP contribution in [0.4, 0.5) is 0 Å². The van der Waals surface area contributed by atoms with Crippen LogP contribution >= 0.6 is 0 Å². The Bertz CT molecular complexity index is 707. The summed E-state index contributed by atoms with van der Waals surface area (Å²) in [5.41, 5.74) is 1.30. The molecule has 0 aromatic heterocycles. The van der Waals surface area contributed by atoms with Gasteiger partial charge in [-0.25, -0.2) is 0 Å². The van der Waals surface area contributed by atoms with Crippen molar-refractivity contribution in [2.75, 3.05) is 0 Å². The van der Waals surface area contributed by atoms with Gasteiger partial charge in [0.15, 0.2) is 23.1 Å². The zero-order chi connectivity index (χ0) is 16.6. The van der Waals surface area contributed by atoms with Crippen molar-refractivity contribution in [1.82, 2.24) is 0 Å². The third-order valence-electron chi connectivity index (χ3n) is 3.63. The minimum absolute atomic E-state index is 0.216. The van der Waals surface area contributed by atoms with Gasteiger partial charge in [-0.1, -0.05) is 0 Å². The van der Waals surface area contributed by atoms with Gasteiger partial charge in [0.25, 0.3) is 0 Å². The van der Waals surface area contributed by atoms with Gasteiger partial charge in [-0.3, -0.25) is 19.2 Å². The number of hydrogen-bond acceptors (Lipinski definition) is 4. The Hall–Kier alpha value is -2.62. The van der Waals surface area contributed by atoms with E-state index in [1.165, 1.54) is 27.7 Å². The topological polar surface area (TPSA) is 68.3 Å². The number of fused-ring (bicyclic) bond motifs is 1. The molecule has 22 heavy (non-hydrogen) atoms. The first-order chi connectivity index (χ1) is 10.2. The molecule has 0 saturated carbocycles. The van der Waals surface area contributed by atoms with Crippen LogP contribution in [0.5, 0.6) is 0 Å². The molecule has 0 saturated heterocycles. The number of carbonyl (C=O) groups is 4. The van der Waals surface area contributed by atoms with Gasteiger partial charge in [0, 0.05) is 22.3 Å². The molecule has 4 nitrogen and oxygen atoms in total. The summed E-state index contributed by atoms with van der Waals surface area (Å²) >= 11 is 0. The van der Waals surface area contributed by atoms with Crippen LogP contribution in [0.1, 0.15) is 69.1 Å². The van der Waals surface area contributed by atoms with Crippen molar-refractivity contribution in [2.45, 2.75) is 27.7 Å². The minimum atomic E-state index is -0.216. The predicted octanol–water partition coefficient (Wildman–Crippen LogP) is 3.65. The Morgan fingerprint density at radius 3 is 0.818 bits per heavy atom. The van der Waals surface area contributed by atoms with Crippen LogP contribution < -0.4 is 0 Å². The van der Waals surface area contributed by atoms with E-state index < -0.39 is 0 Å². The average molecular weight is 296 g/mol. The van der Waals surface area contributed by atoms with E-state index in [2.05, 4.69) is 0 Å². The molecule has 0 spiro atoms. The van der Waals surface area contributed by atoms with E-state index in [1.807, 2.05) is 0 Å².